The smallest absolute Gasteiger partial charge is 0.228 e. The molecule has 0 spiro atoms. The Morgan fingerprint density at radius 1 is 1.26 bits per heavy atom. The quantitative estimate of drug-likeness (QED) is 0.854. The van der Waals surface area contributed by atoms with Crippen molar-refractivity contribution in [2.75, 3.05) is 37.3 Å². The number of nitrogens with one attached hydrogen (secondary N) is 1. The molecule has 0 aromatic heterocycles. The zero-order chi connectivity index (χ0) is 16.4. The van der Waals surface area contributed by atoms with E-state index < -0.39 is 0 Å². The van der Waals surface area contributed by atoms with Gasteiger partial charge in [0.05, 0.1) is 5.92 Å². The van der Waals surface area contributed by atoms with Crippen molar-refractivity contribution in [3.8, 4) is 0 Å². The van der Waals surface area contributed by atoms with E-state index in [4.69, 9.17) is 0 Å². The van der Waals surface area contributed by atoms with Crippen molar-refractivity contribution < 1.29 is 9.59 Å². The van der Waals surface area contributed by atoms with Gasteiger partial charge < -0.3 is 15.1 Å². The highest BCUT2D eigenvalue weighted by atomic mass is 32.2. The molecule has 0 saturated carbocycles. The fourth-order valence-corrected chi connectivity index (χ4v) is 3.68. The SMILES string of the molecule is CSc1ccc(N2CC(C(=O)N3CCNC(C)C3)CC2=O)cc1. The normalized spacial score (nSPS) is 25.0. The van der Waals surface area contributed by atoms with Gasteiger partial charge in [-0.25, -0.2) is 0 Å². The largest absolute Gasteiger partial charge is 0.340 e. The Kier molecular flexibility index (Phi) is 4.92. The highest BCUT2D eigenvalue weighted by Gasteiger charge is 2.37. The lowest BCUT2D eigenvalue weighted by atomic mass is 10.1. The summed E-state index contributed by atoms with van der Waals surface area (Å²) in [4.78, 5) is 29.8. The Morgan fingerprint density at radius 3 is 2.65 bits per heavy atom. The number of carbonyl (C=O) groups is 2. The lowest BCUT2D eigenvalue weighted by Gasteiger charge is -2.33. The molecule has 2 unspecified atom stereocenters. The van der Waals surface area contributed by atoms with Gasteiger partial charge in [0, 0.05) is 49.2 Å². The Bertz CT molecular complexity index is 590. The van der Waals surface area contributed by atoms with Gasteiger partial charge in [-0.3, -0.25) is 9.59 Å². The molecule has 2 aliphatic heterocycles. The van der Waals surface area contributed by atoms with E-state index in [-0.39, 0.29) is 17.7 Å². The van der Waals surface area contributed by atoms with E-state index >= 15 is 0 Å². The van der Waals surface area contributed by atoms with Gasteiger partial charge >= 0.3 is 0 Å². The molecule has 0 bridgehead atoms. The minimum Gasteiger partial charge on any atom is -0.340 e. The second-order valence-electron chi connectivity index (χ2n) is 6.24. The molecular formula is C17H23N3O2S. The molecule has 3 rings (SSSR count). The van der Waals surface area contributed by atoms with E-state index in [1.165, 1.54) is 4.90 Å². The van der Waals surface area contributed by atoms with Crippen LogP contribution in [-0.4, -0.2) is 55.2 Å². The first-order valence-corrected chi connectivity index (χ1v) is 9.27. The molecule has 124 valence electrons. The van der Waals surface area contributed by atoms with Gasteiger partial charge in [-0.05, 0) is 37.4 Å². The first-order chi connectivity index (χ1) is 11.1. The van der Waals surface area contributed by atoms with Crippen LogP contribution in [0.25, 0.3) is 0 Å². The molecule has 1 N–H and O–H groups in total. The number of piperazine rings is 1. The minimum atomic E-state index is -0.215. The number of benzene rings is 1. The molecule has 2 atom stereocenters. The fraction of sp³-hybridized carbons (Fsp3) is 0.529. The molecule has 0 aliphatic carbocycles. The topological polar surface area (TPSA) is 52.7 Å². The van der Waals surface area contributed by atoms with Crippen LogP contribution < -0.4 is 10.2 Å². The van der Waals surface area contributed by atoms with Gasteiger partial charge in [0.1, 0.15) is 0 Å². The van der Waals surface area contributed by atoms with Crippen LogP contribution in [0.4, 0.5) is 5.69 Å². The second-order valence-corrected chi connectivity index (χ2v) is 7.12. The van der Waals surface area contributed by atoms with Crippen LogP contribution >= 0.6 is 11.8 Å². The van der Waals surface area contributed by atoms with Gasteiger partial charge in [0.2, 0.25) is 11.8 Å². The minimum absolute atomic E-state index is 0.0448. The molecule has 2 saturated heterocycles. The highest BCUT2D eigenvalue weighted by Crippen LogP contribution is 2.28. The molecule has 5 nitrogen and oxygen atoms in total. The van der Waals surface area contributed by atoms with Crippen molar-refractivity contribution in [1.29, 1.82) is 0 Å². The van der Waals surface area contributed by atoms with Crippen molar-refractivity contribution in [3.05, 3.63) is 24.3 Å². The summed E-state index contributed by atoms with van der Waals surface area (Å²) >= 11 is 1.68. The lowest BCUT2D eigenvalue weighted by Crippen LogP contribution is -2.53. The number of amides is 2. The maximum absolute atomic E-state index is 12.7. The van der Waals surface area contributed by atoms with Crippen molar-refractivity contribution in [2.45, 2.75) is 24.3 Å². The standard InChI is InChI=1S/C17H23N3O2S/c1-12-10-19(8-7-18-12)17(22)13-9-16(21)20(11-13)14-3-5-15(23-2)6-4-14/h3-6,12-13,18H,7-11H2,1-2H3. The van der Waals surface area contributed by atoms with E-state index in [9.17, 15) is 9.59 Å². The summed E-state index contributed by atoms with van der Waals surface area (Å²) in [5.41, 5.74) is 0.886. The first kappa shape index (κ1) is 16.3. The van der Waals surface area contributed by atoms with E-state index in [1.807, 2.05) is 35.4 Å². The van der Waals surface area contributed by atoms with Crippen LogP contribution in [-0.2, 0) is 9.59 Å². The number of hydrogen-bond donors (Lipinski definition) is 1. The summed E-state index contributed by atoms with van der Waals surface area (Å²) in [5, 5.41) is 3.34. The molecule has 0 radical (unpaired) electrons. The summed E-state index contributed by atoms with van der Waals surface area (Å²) in [5.74, 6) is -0.0496. The van der Waals surface area contributed by atoms with E-state index in [0.717, 1.165) is 25.3 Å². The van der Waals surface area contributed by atoms with E-state index in [1.54, 1.807) is 16.7 Å². The fourth-order valence-electron chi connectivity index (χ4n) is 3.28. The average molecular weight is 333 g/mol. The number of nitrogens with zero attached hydrogens (tertiary/aromatic N) is 2. The highest BCUT2D eigenvalue weighted by molar-refractivity contribution is 7.98. The molecule has 1 aromatic carbocycles. The molecule has 2 amide bonds. The molecule has 23 heavy (non-hydrogen) atoms. The van der Waals surface area contributed by atoms with Crippen LogP contribution in [0.5, 0.6) is 0 Å². The lowest BCUT2D eigenvalue weighted by molar-refractivity contribution is -0.136. The van der Waals surface area contributed by atoms with Crippen molar-refractivity contribution in [1.82, 2.24) is 10.2 Å². The summed E-state index contributed by atoms with van der Waals surface area (Å²) in [6.45, 7) is 4.86. The first-order valence-electron chi connectivity index (χ1n) is 8.05. The Labute approximate surface area is 141 Å². The molecule has 6 heteroatoms. The van der Waals surface area contributed by atoms with Crippen LogP contribution in [0.2, 0.25) is 0 Å². The van der Waals surface area contributed by atoms with Crippen molar-refractivity contribution >= 4 is 29.3 Å². The van der Waals surface area contributed by atoms with E-state index in [0.29, 0.717) is 19.0 Å². The van der Waals surface area contributed by atoms with Crippen LogP contribution in [0.1, 0.15) is 13.3 Å². The van der Waals surface area contributed by atoms with Crippen LogP contribution in [0.15, 0.2) is 29.2 Å². The van der Waals surface area contributed by atoms with Crippen LogP contribution in [0, 0.1) is 5.92 Å². The average Bonchev–Trinajstić information content (AvgIpc) is 2.96. The number of carbonyl (C=O) groups excluding carboxylic acids is 2. The third-order valence-corrected chi connectivity index (χ3v) is 5.28. The molecule has 2 heterocycles. The zero-order valence-corrected chi connectivity index (χ0v) is 14.4. The number of rotatable bonds is 3. The summed E-state index contributed by atoms with van der Waals surface area (Å²) in [6, 6.07) is 8.27. The summed E-state index contributed by atoms with van der Waals surface area (Å²) in [6.07, 6.45) is 2.35. The van der Waals surface area contributed by atoms with Gasteiger partial charge in [-0.1, -0.05) is 0 Å². The Balaban J connectivity index is 1.67. The van der Waals surface area contributed by atoms with Crippen LogP contribution in [0.3, 0.4) is 0 Å². The molecular weight excluding hydrogens is 310 g/mol. The van der Waals surface area contributed by atoms with Gasteiger partial charge in [0.15, 0.2) is 0 Å². The number of thioether (sulfide) groups is 1. The zero-order valence-electron chi connectivity index (χ0n) is 13.6. The predicted octanol–water partition coefficient (Wildman–Crippen LogP) is 1.58. The molecule has 2 aliphatic rings. The maximum atomic E-state index is 12.7. The summed E-state index contributed by atoms with van der Waals surface area (Å²) in [7, 11) is 0. The molecule has 2 fully saturated rings. The monoisotopic (exact) mass is 333 g/mol. The maximum Gasteiger partial charge on any atom is 0.228 e. The Hall–Kier alpha value is -1.53. The Morgan fingerprint density at radius 2 is 2.00 bits per heavy atom. The third kappa shape index (κ3) is 3.53. The van der Waals surface area contributed by atoms with Crippen molar-refractivity contribution in [3.63, 3.8) is 0 Å². The molecule has 1 aromatic rings. The van der Waals surface area contributed by atoms with Gasteiger partial charge in [-0.15, -0.1) is 11.8 Å². The van der Waals surface area contributed by atoms with Gasteiger partial charge in [0.25, 0.3) is 0 Å². The van der Waals surface area contributed by atoms with Crippen molar-refractivity contribution in [2.24, 2.45) is 5.92 Å². The van der Waals surface area contributed by atoms with E-state index in [2.05, 4.69) is 12.2 Å². The second kappa shape index (κ2) is 6.93. The predicted molar refractivity (Wildman–Crippen MR) is 92.7 cm³/mol. The number of hydrogen-bond acceptors (Lipinski definition) is 4. The van der Waals surface area contributed by atoms with Gasteiger partial charge in [-0.2, -0.15) is 0 Å². The summed E-state index contributed by atoms with van der Waals surface area (Å²) < 4.78 is 0. The third-order valence-electron chi connectivity index (χ3n) is 4.54. The number of anilines is 1.